The Balaban J connectivity index is 1.54. The molecule has 0 atom stereocenters. The van der Waals surface area contributed by atoms with E-state index in [1.807, 2.05) is 0 Å². The normalized spacial score (nSPS) is 14.0. The molecule has 13 heteroatoms. The van der Waals surface area contributed by atoms with Crippen LogP contribution in [0.2, 0.25) is 10.0 Å². The molecule has 0 radical (unpaired) electrons. The lowest BCUT2D eigenvalue weighted by Gasteiger charge is -2.31. The number of amides is 1. The first-order chi connectivity index (χ1) is 20.7. The van der Waals surface area contributed by atoms with Crippen LogP contribution in [0.3, 0.4) is 0 Å². The summed E-state index contributed by atoms with van der Waals surface area (Å²) >= 11 is 12.0. The van der Waals surface area contributed by atoms with Gasteiger partial charge in [-0.2, -0.15) is 0 Å². The highest BCUT2D eigenvalue weighted by Crippen LogP contribution is 2.30. The average molecular weight is 636 g/mol. The molecular weight excluding hydrogens is 610 g/mol. The lowest BCUT2D eigenvalue weighted by atomic mass is 10.0. The Morgan fingerprint density at radius 2 is 1.60 bits per heavy atom. The number of ether oxygens (including phenoxy) is 2. The van der Waals surface area contributed by atoms with Gasteiger partial charge in [0.2, 0.25) is 6.41 Å². The molecule has 1 aliphatic heterocycles. The molecule has 8 nitrogen and oxygen atoms in total. The van der Waals surface area contributed by atoms with Crippen molar-refractivity contribution in [3.8, 4) is 17.2 Å². The van der Waals surface area contributed by atoms with Crippen molar-refractivity contribution in [2.75, 3.05) is 26.4 Å². The number of aromatic nitrogens is 2. The summed E-state index contributed by atoms with van der Waals surface area (Å²) < 4.78 is 54.7. The summed E-state index contributed by atoms with van der Waals surface area (Å²) in [5.74, 6) is -0.530. The summed E-state index contributed by atoms with van der Waals surface area (Å²) in [6, 6.07) is 13.1. The van der Waals surface area contributed by atoms with E-state index in [0.29, 0.717) is 53.0 Å². The third-order valence-corrected chi connectivity index (χ3v) is 8.00. The van der Waals surface area contributed by atoms with E-state index in [1.54, 1.807) is 47.4 Å². The molecule has 0 spiro atoms. The average Bonchev–Trinajstić information content (AvgIpc) is 3.01. The fraction of sp³-hybridized carbons (Fsp3) is 0.300. The highest BCUT2D eigenvalue weighted by atomic mass is 35.5. The molecule has 1 aromatic heterocycles. The minimum atomic E-state index is -1.54. The van der Waals surface area contributed by atoms with Crippen molar-refractivity contribution in [3.63, 3.8) is 0 Å². The predicted octanol–water partition coefficient (Wildman–Crippen LogP) is 5.93. The number of likely N-dealkylation sites (tertiary alicyclic amines) is 1. The van der Waals surface area contributed by atoms with E-state index in [9.17, 15) is 23.2 Å². The highest BCUT2D eigenvalue weighted by Gasteiger charge is 2.26. The summed E-state index contributed by atoms with van der Waals surface area (Å²) in [7, 11) is 0. The lowest BCUT2D eigenvalue weighted by Crippen LogP contribution is -2.44. The van der Waals surface area contributed by atoms with E-state index in [0.717, 1.165) is 23.1 Å². The van der Waals surface area contributed by atoms with Crippen LogP contribution >= 0.6 is 23.2 Å². The van der Waals surface area contributed by atoms with Crippen LogP contribution in [0, 0.1) is 5.82 Å². The zero-order chi connectivity index (χ0) is 30.7. The minimum Gasteiger partial charge on any atom is -0.482 e. The van der Waals surface area contributed by atoms with Crippen molar-refractivity contribution < 1.29 is 27.4 Å². The van der Waals surface area contributed by atoms with Crippen LogP contribution < -0.4 is 20.7 Å². The number of benzene rings is 3. The second-order valence-corrected chi connectivity index (χ2v) is 10.9. The number of fused-ring (bicyclic) bond motifs is 1. The largest absolute Gasteiger partial charge is 0.482 e. The Kier molecular flexibility index (Phi) is 9.31. The van der Waals surface area contributed by atoms with Crippen molar-refractivity contribution in [1.82, 2.24) is 14.0 Å². The van der Waals surface area contributed by atoms with Crippen molar-refractivity contribution in [1.29, 1.82) is 0 Å². The minimum absolute atomic E-state index is 0.0306. The van der Waals surface area contributed by atoms with Crippen LogP contribution in [-0.4, -0.2) is 53.0 Å². The second kappa shape index (κ2) is 13.1. The SMILES string of the molecule is O=CN1CCC(n2c(=O)n(Cc3ccc(Oc4ccc(Cl)c(Cl)c4)cc3)c(=O)c3cc(OC(CF)CF)c(F)cc32)CC1. The summed E-state index contributed by atoms with van der Waals surface area (Å²) in [5, 5.41) is 0.666. The number of piperidine rings is 1. The Bertz CT molecular complexity index is 1750. The second-order valence-electron chi connectivity index (χ2n) is 10.1. The zero-order valence-corrected chi connectivity index (χ0v) is 24.2. The molecular formula is C30H26Cl2F3N3O5. The standard InChI is InChI=1S/C30H26Cl2F3N3O5/c31-24-6-5-21(11-25(24)32)42-20-3-1-18(2-4-20)16-37-29(40)23-12-28(43-22(14-33)15-34)26(35)13-27(23)38(30(37)41)19-7-9-36(17-39)10-8-19/h1-6,11-13,17,19,22H,7-10,14-16H2. The van der Waals surface area contributed by atoms with Gasteiger partial charge < -0.3 is 14.4 Å². The summed E-state index contributed by atoms with van der Waals surface area (Å²) in [6.45, 7) is -1.77. The summed E-state index contributed by atoms with van der Waals surface area (Å²) in [6.07, 6.45) is -0.0172. The highest BCUT2D eigenvalue weighted by molar-refractivity contribution is 6.42. The first-order valence-corrected chi connectivity index (χ1v) is 14.2. The molecule has 3 aromatic carbocycles. The van der Waals surface area contributed by atoms with Crippen molar-refractivity contribution >= 4 is 40.5 Å². The molecule has 1 aliphatic rings. The maximum absolute atomic E-state index is 15.1. The van der Waals surface area contributed by atoms with Crippen LogP contribution in [0.15, 0.2) is 64.2 Å². The Morgan fingerprint density at radius 3 is 2.23 bits per heavy atom. The number of carbonyl (C=O) groups is 1. The van der Waals surface area contributed by atoms with Gasteiger partial charge in [0.1, 0.15) is 24.8 Å². The van der Waals surface area contributed by atoms with Gasteiger partial charge in [0, 0.05) is 31.3 Å². The van der Waals surface area contributed by atoms with Gasteiger partial charge in [-0.05, 0) is 48.7 Å². The molecule has 4 aromatic rings. The number of nitrogens with zero attached hydrogens (tertiary/aromatic N) is 3. The predicted molar refractivity (Wildman–Crippen MR) is 157 cm³/mol. The third-order valence-electron chi connectivity index (χ3n) is 7.26. The molecule has 0 N–H and O–H groups in total. The van der Waals surface area contributed by atoms with Crippen LogP contribution in [-0.2, 0) is 11.3 Å². The molecule has 0 saturated carbocycles. The maximum atomic E-state index is 15.1. The maximum Gasteiger partial charge on any atom is 0.332 e. The number of hydrogen-bond acceptors (Lipinski definition) is 5. The monoisotopic (exact) mass is 635 g/mol. The van der Waals surface area contributed by atoms with Gasteiger partial charge in [-0.3, -0.25) is 18.7 Å². The quantitative estimate of drug-likeness (QED) is 0.202. The Labute approximate surface area is 253 Å². The van der Waals surface area contributed by atoms with E-state index < -0.39 is 48.3 Å². The molecule has 1 fully saturated rings. The molecule has 0 aliphatic carbocycles. The van der Waals surface area contributed by atoms with Gasteiger partial charge in [0.15, 0.2) is 17.7 Å². The van der Waals surface area contributed by atoms with Crippen LogP contribution in [0.5, 0.6) is 17.2 Å². The van der Waals surface area contributed by atoms with E-state index in [4.69, 9.17) is 32.7 Å². The van der Waals surface area contributed by atoms with Gasteiger partial charge in [-0.25, -0.2) is 18.0 Å². The topological polar surface area (TPSA) is 82.8 Å². The summed E-state index contributed by atoms with van der Waals surface area (Å²) in [4.78, 5) is 40.3. The lowest BCUT2D eigenvalue weighted by molar-refractivity contribution is -0.119. The molecule has 0 unspecified atom stereocenters. The number of alkyl halides is 2. The van der Waals surface area contributed by atoms with Gasteiger partial charge in [-0.15, -0.1) is 0 Å². The van der Waals surface area contributed by atoms with E-state index >= 15 is 4.39 Å². The van der Waals surface area contributed by atoms with Gasteiger partial charge in [-0.1, -0.05) is 35.3 Å². The zero-order valence-electron chi connectivity index (χ0n) is 22.7. The fourth-order valence-electron chi connectivity index (χ4n) is 5.02. The smallest absolute Gasteiger partial charge is 0.332 e. The van der Waals surface area contributed by atoms with Crippen LogP contribution in [0.4, 0.5) is 13.2 Å². The summed E-state index contributed by atoms with van der Waals surface area (Å²) in [5.41, 5.74) is -0.754. The van der Waals surface area contributed by atoms with E-state index in [-0.39, 0.29) is 17.4 Å². The van der Waals surface area contributed by atoms with E-state index in [2.05, 4.69) is 0 Å². The Hall–Kier alpha value is -3.96. The number of halogens is 5. The first-order valence-electron chi connectivity index (χ1n) is 13.4. The number of hydrogen-bond donors (Lipinski definition) is 0. The first kappa shape index (κ1) is 30.5. The fourth-order valence-corrected chi connectivity index (χ4v) is 5.30. The number of rotatable bonds is 10. The van der Waals surface area contributed by atoms with Gasteiger partial charge in [0.25, 0.3) is 5.56 Å². The van der Waals surface area contributed by atoms with Crippen LogP contribution in [0.25, 0.3) is 10.9 Å². The molecule has 226 valence electrons. The van der Waals surface area contributed by atoms with Gasteiger partial charge in [0.05, 0.1) is 27.5 Å². The van der Waals surface area contributed by atoms with Crippen molar-refractivity contribution in [2.24, 2.45) is 0 Å². The van der Waals surface area contributed by atoms with Crippen LogP contribution in [0.1, 0.15) is 24.4 Å². The Morgan fingerprint density at radius 1 is 0.930 bits per heavy atom. The number of carbonyl (C=O) groups excluding carboxylic acids is 1. The molecule has 43 heavy (non-hydrogen) atoms. The molecule has 1 amide bonds. The molecule has 5 rings (SSSR count). The van der Waals surface area contributed by atoms with Gasteiger partial charge >= 0.3 is 5.69 Å². The van der Waals surface area contributed by atoms with E-state index in [1.165, 1.54) is 4.57 Å². The molecule has 0 bridgehead atoms. The molecule has 1 saturated heterocycles. The van der Waals surface area contributed by atoms with Crippen molar-refractivity contribution in [3.05, 3.63) is 96.9 Å². The third kappa shape index (κ3) is 6.52. The van der Waals surface area contributed by atoms with Crippen molar-refractivity contribution in [2.45, 2.75) is 31.5 Å². The molecule has 2 heterocycles.